The van der Waals surface area contributed by atoms with Crippen LogP contribution in [0.15, 0.2) is 0 Å². The number of likely N-dealkylation sites (tertiary alicyclic amines) is 1. The average Bonchev–Trinajstić information content (AvgIpc) is 2.36. The second-order valence-corrected chi connectivity index (χ2v) is 4.57. The Hall–Kier alpha value is -0.770. The number of amides is 2. The van der Waals surface area contributed by atoms with E-state index in [-0.39, 0.29) is 6.03 Å². The number of carbonyl (C=O) groups is 1. The first-order valence-corrected chi connectivity index (χ1v) is 5.95. The zero-order chi connectivity index (χ0) is 10.7. The van der Waals surface area contributed by atoms with Crippen molar-refractivity contribution >= 4 is 6.03 Å². The van der Waals surface area contributed by atoms with Gasteiger partial charge in [-0.25, -0.2) is 4.79 Å². The lowest BCUT2D eigenvalue weighted by molar-refractivity contribution is -0.0556. The zero-order valence-electron chi connectivity index (χ0n) is 9.15. The predicted octanol–water partition coefficient (Wildman–Crippen LogP) is 1.49. The van der Waals surface area contributed by atoms with Crippen LogP contribution in [0.1, 0.15) is 38.5 Å². The minimum absolute atomic E-state index is 0.292. The van der Waals surface area contributed by atoms with Gasteiger partial charge < -0.3 is 15.4 Å². The van der Waals surface area contributed by atoms with Crippen LogP contribution in [0.3, 0.4) is 0 Å². The van der Waals surface area contributed by atoms with Crippen molar-refractivity contribution in [2.24, 2.45) is 5.73 Å². The Labute approximate surface area is 90.8 Å². The first-order valence-electron chi connectivity index (χ1n) is 5.95. The molecule has 0 aromatic carbocycles. The number of carbonyl (C=O) groups excluding carboxylic acids is 1. The highest BCUT2D eigenvalue weighted by atomic mass is 16.5. The van der Waals surface area contributed by atoms with Crippen molar-refractivity contribution < 1.29 is 9.53 Å². The fraction of sp³-hybridized carbons (Fsp3) is 0.909. The lowest BCUT2D eigenvalue weighted by atomic mass is 9.95. The Morgan fingerprint density at radius 1 is 1.07 bits per heavy atom. The smallest absolute Gasteiger partial charge is 0.314 e. The van der Waals surface area contributed by atoms with Gasteiger partial charge in [0.25, 0.3) is 0 Å². The van der Waals surface area contributed by atoms with Crippen molar-refractivity contribution in [2.75, 3.05) is 13.1 Å². The number of rotatable bonds is 2. The summed E-state index contributed by atoms with van der Waals surface area (Å²) in [5.74, 6) is 0. The van der Waals surface area contributed by atoms with E-state index in [2.05, 4.69) is 0 Å². The summed E-state index contributed by atoms with van der Waals surface area (Å²) in [6, 6.07) is -0.292. The molecule has 0 aromatic rings. The zero-order valence-corrected chi connectivity index (χ0v) is 9.15. The van der Waals surface area contributed by atoms with Gasteiger partial charge in [0.1, 0.15) is 0 Å². The predicted molar refractivity (Wildman–Crippen MR) is 57.5 cm³/mol. The number of nitrogens with zero attached hydrogens (tertiary/aromatic N) is 1. The summed E-state index contributed by atoms with van der Waals surface area (Å²) in [6.45, 7) is 1.55. The molecule has 2 N–H and O–H groups in total. The van der Waals surface area contributed by atoms with Gasteiger partial charge in [-0.2, -0.15) is 0 Å². The second-order valence-electron chi connectivity index (χ2n) is 4.57. The number of ether oxygens (including phenoxy) is 1. The Morgan fingerprint density at radius 2 is 1.73 bits per heavy atom. The Bertz CT molecular complexity index is 229. The number of hydrogen-bond donors (Lipinski definition) is 1. The van der Waals surface area contributed by atoms with Gasteiger partial charge in [-0.3, -0.25) is 0 Å². The van der Waals surface area contributed by atoms with E-state index in [1.165, 1.54) is 19.3 Å². The molecule has 0 radical (unpaired) electrons. The van der Waals surface area contributed by atoms with E-state index in [1.807, 2.05) is 0 Å². The van der Waals surface area contributed by atoms with Crippen LogP contribution in [-0.2, 0) is 4.74 Å². The highest BCUT2D eigenvalue weighted by molar-refractivity contribution is 5.71. The highest BCUT2D eigenvalue weighted by Gasteiger charge is 2.25. The van der Waals surface area contributed by atoms with Crippen LogP contribution in [0.4, 0.5) is 4.79 Å². The summed E-state index contributed by atoms with van der Waals surface area (Å²) in [4.78, 5) is 12.7. The molecule has 2 aliphatic rings. The first kappa shape index (κ1) is 10.7. The minimum Gasteiger partial charge on any atom is -0.375 e. The monoisotopic (exact) mass is 212 g/mol. The van der Waals surface area contributed by atoms with Crippen LogP contribution in [0.2, 0.25) is 0 Å². The van der Waals surface area contributed by atoms with E-state index in [0.29, 0.717) is 12.2 Å². The van der Waals surface area contributed by atoms with Crippen LogP contribution >= 0.6 is 0 Å². The Kier molecular flexibility index (Phi) is 3.46. The minimum atomic E-state index is -0.292. The largest absolute Gasteiger partial charge is 0.375 e. The molecule has 2 amide bonds. The summed E-state index contributed by atoms with van der Waals surface area (Å²) >= 11 is 0. The fourth-order valence-corrected chi connectivity index (χ4v) is 2.20. The lowest BCUT2D eigenvalue weighted by Crippen LogP contribution is -2.36. The molecule has 1 atom stereocenters. The van der Waals surface area contributed by atoms with Crippen molar-refractivity contribution in [1.82, 2.24) is 4.90 Å². The molecule has 1 aliphatic heterocycles. The summed E-state index contributed by atoms with van der Waals surface area (Å²) in [5.41, 5.74) is 5.27. The number of urea groups is 1. The fourth-order valence-electron chi connectivity index (χ4n) is 2.20. The summed E-state index contributed by atoms with van der Waals surface area (Å²) in [7, 11) is 0. The van der Waals surface area contributed by atoms with Gasteiger partial charge in [-0.15, -0.1) is 0 Å². The van der Waals surface area contributed by atoms with Crippen molar-refractivity contribution in [3.63, 3.8) is 0 Å². The van der Waals surface area contributed by atoms with E-state index in [0.717, 1.165) is 32.4 Å². The Morgan fingerprint density at radius 3 is 2.33 bits per heavy atom. The van der Waals surface area contributed by atoms with Crippen molar-refractivity contribution in [1.29, 1.82) is 0 Å². The molecule has 0 spiro atoms. The molecule has 4 heteroatoms. The van der Waals surface area contributed by atoms with E-state index in [1.54, 1.807) is 4.90 Å². The molecule has 2 rings (SSSR count). The van der Waals surface area contributed by atoms with Gasteiger partial charge in [-0.05, 0) is 38.5 Å². The van der Waals surface area contributed by atoms with Crippen LogP contribution in [0, 0.1) is 0 Å². The summed E-state index contributed by atoms with van der Waals surface area (Å²) in [6.07, 6.45) is 7.62. The molecule has 1 heterocycles. The normalized spacial score (nSPS) is 28.3. The number of primary amides is 1. The molecule has 4 nitrogen and oxygen atoms in total. The lowest BCUT2D eigenvalue weighted by Gasteiger charge is -2.30. The van der Waals surface area contributed by atoms with Crippen LogP contribution in [-0.4, -0.2) is 36.2 Å². The molecular formula is C11H20N2O2. The highest BCUT2D eigenvalue weighted by Crippen LogP contribution is 2.26. The number of nitrogens with two attached hydrogens (primary N) is 1. The van der Waals surface area contributed by atoms with Crippen molar-refractivity contribution in [3.05, 3.63) is 0 Å². The molecule has 15 heavy (non-hydrogen) atoms. The quantitative estimate of drug-likeness (QED) is 0.754. The Balaban J connectivity index is 1.76. The molecule has 2 fully saturated rings. The molecular weight excluding hydrogens is 192 g/mol. The third-order valence-corrected chi connectivity index (χ3v) is 3.42. The summed E-state index contributed by atoms with van der Waals surface area (Å²) < 4.78 is 5.96. The SMILES string of the molecule is NC(=O)N1CCCC(OC2CCC2)CC1. The van der Waals surface area contributed by atoms with Crippen LogP contribution < -0.4 is 5.73 Å². The molecule has 1 saturated heterocycles. The second kappa shape index (κ2) is 4.84. The van der Waals surface area contributed by atoms with E-state index >= 15 is 0 Å². The molecule has 0 bridgehead atoms. The average molecular weight is 212 g/mol. The van der Waals surface area contributed by atoms with Gasteiger partial charge in [0, 0.05) is 13.1 Å². The molecule has 86 valence electrons. The maximum Gasteiger partial charge on any atom is 0.314 e. The van der Waals surface area contributed by atoms with Gasteiger partial charge in [0.15, 0.2) is 0 Å². The van der Waals surface area contributed by atoms with E-state index in [9.17, 15) is 4.79 Å². The third kappa shape index (κ3) is 2.84. The van der Waals surface area contributed by atoms with Crippen molar-refractivity contribution in [3.8, 4) is 0 Å². The van der Waals surface area contributed by atoms with Crippen LogP contribution in [0.5, 0.6) is 0 Å². The van der Waals surface area contributed by atoms with Gasteiger partial charge in [0.2, 0.25) is 0 Å². The van der Waals surface area contributed by atoms with Gasteiger partial charge >= 0.3 is 6.03 Å². The van der Waals surface area contributed by atoms with Gasteiger partial charge in [-0.1, -0.05) is 0 Å². The first-order chi connectivity index (χ1) is 7.25. The number of hydrogen-bond acceptors (Lipinski definition) is 2. The molecule has 1 unspecified atom stereocenters. The standard InChI is InChI=1S/C11H20N2O2/c12-11(14)13-7-2-5-10(6-8-13)15-9-3-1-4-9/h9-10H,1-8H2,(H2,12,14). The maximum atomic E-state index is 11.0. The molecule has 0 aromatic heterocycles. The van der Waals surface area contributed by atoms with Gasteiger partial charge in [0.05, 0.1) is 12.2 Å². The van der Waals surface area contributed by atoms with E-state index < -0.39 is 0 Å². The van der Waals surface area contributed by atoms with Crippen molar-refractivity contribution in [2.45, 2.75) is 50.7 Å². The molecule has 1 aliphatic carbocycles. The maximum absolute atomic E-state index is 11.0. The topological polar surface area (TPSA) is 55.6 Å². The molecule has 1 saturated carbocycles. The third-order valence-electron chi connectivity index (χ3n) is 3.42. The van der Waals surface area contributed by atoms with E-state index in [4.69, 9.17) is 10.5 Å². The summed E-state index contributed by atoms with van der Waals surface area (Å²) in [5, 5.41) is 0. The van der Waals surface area contributed by atoms with Crippen LogP contribution in [0.25, 0.3) is 0 Å².